The molecule has 2 unspecified atom stereocenters. The van der Waals surface area contributed by atoms with Gasteiger partial charge in [-0.3, -0.25) is 0 Å². The van der Waals surface area contributed by atoms with Gasteiger partial charge in [0.1, 0.15) is 0 Å². The Labute approximate surface area is 66.0 Å². The van der Waals surface area contributed by atoms with Gasteiger partial charge in [0, 0.05) is 5.41 Å². The summed E-state index contributed by atoms with van der Waals surface area (Å²) < 4.78 is 0. The van der Waals surface area contributed by atoms with Crippen molar-refractivity contribution in [3.05, 3.63) is 0 Å². The first-order valence-electron chi connectivity index (χ1n) is 3.78. The molecule has 2 N–H and O–H groups in total. The van der Waals surface area contributed by atoms with E-state index in [4.69, 9.17) is 5.11 Å². The molecular weight excluding hydrogens is 144 g/mol. The Balaban J connectivity index is 2.92. The molecule has 0 amide bonds. The maximum atomic E-state index is 10.7. The fourth-order valence-electron chi connectivity index (χ4n) is 2.10. The number of carbonyl (C=O) groups is 1. The van der Waals surface area contributed by atoms with E-state index in [9.17, 15) is 9.90 Å². The molecule has 0 aromatic heterocycles. The lowest BCUT2D eigenvalue weighted by atomic mass is 9.53. The van der Waals surface area contributed by atoms with Gasteiger partial charge in [0.2, 0.25) is 0 Å². The minimum absolute atomic E-state index is 0.130. The van der Waals surface area contributed by atoms with Gasteiger partial charge >= 0.3 is 5.97 Å². The van der Waals surface area contributed by atoms with Crippen molar-refractivity contribution in [3.8, 4) is 0 Å². The van der Waals surface area contributed by atoms with Gasteiger partial charge in [0.05, 0.1) is 0 Å². The summed E-state index contributed by atoms with van der Waals surface area (Å²) in [6, 6.07) is 0. The van der Waals surface area contributed by atoms with Gasteiger partial charge in [-0.15, -0.1) is 0 Å². The van der Waals surface area contributed by atoms with E-state index in [0.717, 1.165) is 6.42 Å². The van der Waals surface area contributed by atoms with E-state index in [1.165, 1.54) is 0 Å². The fraction of sp³-hybridized carbons (Fsp3) is 0.875. The highest BCUT2D eigenvalue weighted by molar-refractivity contribution is 5.80. The van der Waals surface area contributed by atoms with Crippen molar-refractivity contribution in [3.63, 3.8) is 0 Å². The molecule has 1 saturated carbocycles. The smallest absolute Gasteiger partial charge is 0.336 e. The minimum Gasteiger partial charge on any atom is -0.479 e. The van der Waals surface area contributed by atoms with Crippen LogP contribution in [0, 0.1) is 11.3 Å². The molecule has 64 valence electrons. The lowest BCUT2D eigenvalue weighted by Gasteiger charge is -2.54. The van der Waals surface area contributed by atoms with Gasteiger partial charge in [-0.2, -0.15) is 0 Å². The molecule has 1 rings (SSSR count). The first-order valence-corrected chi connectivity index (χ1v) is 3.78. The van der Waals surface area contributed by atoms with Crippen molar-refractivity contribution in [1.82, 2.24) is 0 Å². The first kappa shape index (κ1) is 8.53. The van der Waals surface area contributed by atoms with Crippen LogP contribution in [0.25, 0.3) is 0 Å². The third-order valence-corrected chi connectivity index (χ3v) is 2.89. The number of aliphatic carboxylic acids is 1. The molecule has 0 aliphatic heterocycles. The van der Waals surface area contributed by atoms with Gasteiger partial charge in [-0.25, -0.2) is 4.79 Å². The molecule has 1 aliphatic carbocycles. The molecule has 2 atom stereocenters. The van der Waals surface area contributed by atoms with Gasteiger partial charge in [-0.05, 0) is 12.3 Å². The summed E-state index contributed by atoms with van der Waals surface area (Å²) in [6.07, 6.45) is 0.774. The Hall–Kier alpha value is -0.570. The molecule has 0 aromatic rings. The summed E-state index contributed by atoms with van der Waals surface area (Å²) in [5.41, 5.74) is -1.98. The summed E-state index contributed by atoms with van der Waals surface area (Å²) >= 11 is 0. The summed E-state index contributed by atoms with van der Waals surface area (Å²) in [6.45, 7) is 5.32. The van der Waals surface area contributed by atoms with Crippen molar-refractivity contribution < 1.29 is 15.0 Å². The van der Waals surface area contributed by atoms with Gasteiger partial charge in [0.15, 0.2) is 5.60 Å². The monoisotopic (exact) mass is 158 g/mol. The number of aliphatic hydroxyl groups is 1. The third-order valence-electron chi connectivity index (χ3n) is 2.89. The lowest BCUT2D eigenvalue weighted by molar-refractivity contribution is -0.217. The van der Waals surface area contributed by atoms with Crippen LogP contribution >= 0.6 is 0 Å². The molecule has 1 fully saturated rings. The van der Waals surface area contributed by atoms with Crippen LogP contribution in [0.2, 0.25) is 0 Å². The molecule has 0 aromatic carbocycles. The third kappa shape index (κ3) is 0.805. The Kier molecular flexibility index (Phi) is 1.53. The van der Waals surface area contributed by atoms with E-state index in [2.05, 4.69) is 0 Å². The summed E-state index contributed by atoms with van der Waals surface area (Å²) in [5, 5.41) is 18.4. The molecule has 1 aliphatic rings. The lowest BCUT2D eigenvalue weighted by Crippen LogP contribution is -2.65. The van der Waals surface area contributed by atoms with Crippen LogP contribution in [-0.4, -0.2) is 21.8 Å². The first-order chi connectivity index (χ1) is 4.82. The largest absolute Gasteiger partial charge is 0.479 e. The standard InChI is InChI=1S/C8H14O3/c1-5-4-7(2,3)8(5,11)6(9)10/h5,11H,4H2,1-3H3,(H,9,10). The van der Waals surface area contributed by atoms with Gasteiger partial charge in [-0.1, -0.05) is 20.8 Å². The average Bonchev–Trinajstić information content (AvgIpc) is 1.85. The van der Waals surface area contributed by atoms with Crippen LogP contribution in [0.1, 0.15) is 27.2 Å². The predicted molar refractivity (Wildman–Crippen MR) is 40.1 cm³/mol. The molecule has 0 saturated heterocycles. The zero-order valence-electron chi connectivity index (χ0n) is 7.09. The van der Waals surface area contributed by atoms with Crippen molar-refractivity contribution in [1.29, 1.82) is 0 Å². The fourth-order valence-corrected chi connectivity index (χ4v) is 2.10. The van der Waals surface area contributed by atoms with E-state index in [-0.39, 0.29) is 5.92 Å². The van der Waals surface area contributed by atoms with E-state index in [0.29, 0.717) is 0 Å². The molecule has 3 nitrogen and oxygen atoms in total. The normalized spacial score (nSPS) is 41.3. The topological polar surface area (TPSA) is 57.5 Å². The van der Waals surface area contributed by atoms with E-state index in [1.807, 2.05) is 0 Å². The number of rotatable bonds is 1. The van der Waals surface area contributed by atoms with Gasteiger partial charge in [0.25, 0.3) is 0 Å². The van der Waals surface area contributed by atoms with E-state index < -0.39 is 17.0 Å². The molecule has 0 spiro atoms. The summed E-state index contributed by atoms with van der Waals surface area (Å²) in [5.74, 6) is -1.23. The van der Waals surface area contributed by atoms with Gasteiger partial charge < -0.3 is 10.2 Å². The highest BCUT2D eigenvalue weighted by atomic mass is 16.4. The van der Waals surface area contributed by atoms with Crippen LogP contribution in [0.15, 0.2) is 0 Å². The zero-order chi connectivity index (χ0) is 8.86. The average molecular weight is 158 g/mol. The number of carboxylic acids is 1. The Bertz CT molecular complexity index is 198. The quantitative estimate of drug-likeness (QED) is 0.595. The van der Waals surface area contributed by atoms with Crippen LogP contribution < -0.4 is 0 Å². The van der Waals surface area contributed by atoms with Crippen molar-refractivity contribution in [2.24, 2.45) is 11.3 Å². The summed E-state index contributed by atoms with van der Waals surface area (Å²) in [4.78, 5) is 10.7. The Morgan fingerprint density at radius 1 is 1.55 bits per heavy atom. The van der Waals surface area contributed by atoms with E-state index in [1.54, 1.807) is 20.8 Å². The number of hydrogen-bond acceptors (Lipinski definition) is 2. The Morgan fingerprint density at radius 2 is 2.00 bits per heavy atom. The molecule has 11 heavy (non-hydrogen) atoms. The van der Waals surface area contributed by atoms with Crippen LogP contribution in [-0.2, 0) is 4.79 Å². The SMILES string of the molecule is CC1CC(C)(C)C1(O)C(=O)O. The van der Waals surface area contributed by atoms with Crippen LogP contribution in [0.4, 0.5) is 0 Å². The Morgan fingerprint density at radius 3 is 2.09 bits per heavy atom. The molecular formula is C8H14O3. The zero-order valence-corrected chi connectivity index (χ0v) is 7.09. The second-order valence-electron chi connectivity index (χ2n) is 4.06. The molecule has 0 radical (unpaired) electrons. The highest BCUT2D eigenvalue weighted by Gasteiger charge is 2.62. The maximum Gasteiger partial charge on any atom is 0.336 e. The van der Waals surface area contributed by atoms with Crippen molar-refractivity contribution in [2.75, 3.05) is 0 Å². The van der Waals surface area contributed by atoms with Crippen molar-refractivity contribution in [2.45, 2.75) is 32.8 Å². The second-order valence-corrected chi connectivity index (χ2v) is 4.06. The number of carboxylic acid groups (broad SMARTS) is 1. The van der Waals surface area contributed by atoms with E-state index >= 15 is 0 Å². The van der Waals surface area contributed by atoms with Crippen molar-refractivity contribution >= 4 is 5.97 Å². The number of hydrogen-bond donors (Lipinski definition) is 2. The minimum atomic E-state index is -1.51. The molecule has 0 heterocycles. The molecule has 0 bridgehead atoms. The second kappa shape index (κ2) is 1.97. The van der Waals surface area contributed by atoms with Crippen LogP contribution in [0.5, 0.6) is 0 Å². The van der Waals surface area contributed by atoms with Crippen LogP contribution in [0.3, 0.4) is 0 Å². The highest BCUT2D eigenvalue weighted by Crippen LogP contribution is 2.53. The summed E-state index contributed by atoms with van der Waals surface area (Å²) in [7, 11) is 0. The predicted octanol–water partition coefficient (Wildman–Crippen LogP) is 0.868. The molecule has 3 heteroatoms. The maximum absolute atomic E-state index is 10.7.